The Morgan fingerprint density at radius 1 is 1.43 bits per heavy atom. The van der Waals surface area contributed by atoms with Crippen LogP contribution in [-0.2, 0) is 4.79 Å². The van der Waals surface area contributed by atoms with E-state index >= 15 is 0 Å². The van der Waals surface area contributed by atoms with E-state index < -0.39 is 11.3 Å². The van der Waals surface area contributed by atoms with Crippen LogP contribution in [0.3, 0.4) is 0 Å². The molecule has 0 aliphatic carbocycles. The van der Waals surface area contributed by atoms with Gasteiger partial charge in [-0.25, -0.2) is 0 Å². The van der Waals surface area contributed by atoms with Gasteiger partial charge in [-0.15, -0.1) is 18.2 Å². The molecule has 0 saturated heterocycles. The molecule has 1 N–H and O–H groups in total. The van der Waals surface area contributed by atoms with Crippen LogP contribution in [0.25, 0.3) is 0 Å². The van der Waals surface area contributed by atoms with Gasteiger partial charge in [-0.3, -0.25) is 4.79 Å². The first-order valence-electron chi connectivity index (χ1n) is 4.21. The second-order valence-corrected chi connectivity index (χ2v) is 3.38. The lowest BCUT2D eigenvalue weighted by atomic mass is 9.96. The first-order valence-corrected chi connectivity index (χ1v) is 4.65. The molecule has 1 aromatic carbocycles. The third-order valence-corrected chi connectivity index (χ3v) is 2.45. The zero-order valence-corrected chi connectivity index (χ0v) is 8.32. The molecule has 0 spiro atoms. The Balaban J connectivity index is 2.93. The fourth-order valence-corrected chi connectivity index (χ4v) is 1.50. The number of hydrogen-bond donors (Lipinski definition) is 1. The summed E-state index contributed by atoms with van der Waals surface area (Å²) in [5.74, 6) is -1.38. The molecule has 0 amide bonds. The highest BCUT2D eigenvalue weighted by Gasteiger charge is 2.24. The molecule has 0 aliphatic heterocycles. The van der Waals surface area contributed by atoms with Gasteiger partial charge in [0.15, 0.2) is 0 Å². The van der Waals surface area contributed by atoms with Crippen LogP contribution < -0.4 is 0 Å². The summed E-state index contributed by atoms with van der Waals surface area (Å²) in [4.78, 5) is 10.7. The highest BCUT2D eigenvalue weighted by molar-refractivity contribution is 6.30. The van der Waals surface area contributed by atoms with E-state index in [1.807, 2.05) is 30.3 Å². The Morgan fingerprint density at radius 3 is 2.43 bits per heavy atom. The van der Waals surface area contributed by atoms with E-state index in [1.54, 1.807) is 6.08 Å². The van der Waals surface area contributed by atoms with E-state index in [0.717, 1.165) is 5.56 Å². The van der Waals surface area contributed by atoms with E-state index in [9.17, 15) is 4.79 Å². The van der Waals surface area contributed by atoms with Gasteiger partial charge in [-0.1, -0.05) is 36.4 Å². The lowest BCUT2D eigenvalue weighted by molar-refractivity contribution is -0.136. The fraction of sp³-hybridized carbons (Fsp3) is 0.182. The quantitative estimate of drug-likeness (QED) is 0.613. The number of aliphatic carboxylic acids is 1. The van der Waals surface area contributed by atoms with Gasteiger partial charge < -0.3 is 5.11 Å². The number of carboxylic acid groups (broad SMARTS) is 1. The zero-order chi connectivity index (χ0) is 10.6. The van der Waals surface area contributed by atoms with Crippen molar-refractivity contribution in [3.8, 4) is 0 Å². The highest BCUT2D eigenvalue weighted by atomic mass is 35.5. The molecule has 0 saturated carbocycles. The van der Waals surface area contributed by atoms with E-state index in [0.29, 0.717) is 0 Å². The van der Waals surface area contributed by atoms with Gasteiger partial charge in [0.25, 0.3) is 0 Å². The molecule has 0 radical (unpaired) electrons. The van der Waals surface area contributed by atoms with Gasteiger partial charge >= 0.3 is 5.97 Å². The summed E-state index contributed by atoms with van der Waals surface area (Å²) < 4.78 is 0. The monoisotopic (exact) mass is 210 g/mol. The van der Waals surface area contributed by atoms with Crippen molar-refractivity contribution >= 4 is 17.6 Å². The predicted molar refractivity (Wildman–Crippen MR) is 56.7 cm³/mol. The Morgan fingerprint density at radius 2 is 2.00 bits per heavy atom. The van der Waals surface area contributed by atoms with Crippen LogP contribution in [0.4, 0.5) is 0 Å². The molecule has 14 heavy (non-hydrogen) atoms. The average molecular weight is 211 g/mol. The number of carboxylic acids is 1. The molecular formula is C11H11ClO2. The van der Waals surface area contributed by atoms with Crippen LogP contribution in [0, 0.1) is 0 Å². The van der Waals surface area contributed by atoms with Crippen molar-refractivity contribution in [1.82, 2.24) is 0 Å². The van der Waals surface area contributed by atoms with Crippen LogP contribution in [0.5, 0.6) is 0 Å². The Hall–Kier alpha value is -1.28. The summed E-state index contributed by atoms with van der Waals surface area (Å²) >= 11 is 5.75. The topological polar surface area (TPSA) is 37.3 Å². The lowest BCUT2D eigenvalue weighted by Crippen LogP contribution is -2.20. The zero-order valence-electron chi connectivity index (χ0n) is 7.56. The van der Waals surface area contributed by atoms with E-state index in [4.69, 9.17) is 16.7 Å². The fourth-order valence-electron chi connectivity index (χ4n) is 1.25. The minimum Gasteiger partial charge on any atom is -0.480 e. The van der Waals surface area contributed by atoms with Crippen molar-refractivity contribution in [3.63, 3.8) is 0 Å². The maximum Gasteiger partial charge on any atom is 0.322 e. The van der Waals surface area contributed by atoms with Crippen LogP contribution in [0.15, 0.2) is 43.0 Å². The van der Waals surface area contributed by atoms with Crippen LogP contribution >= 0.6 is 11.6 Å². The second kappa shape index (κ2) is 4.82. The molecule has 0 aliphatic rings. The predicted octanol–water partition coefficient (Wildman–Crippen LogP) is 2.65. The maximum atomic E-state index is 10.7. The van der Waals surface area contributed by atoms with Crippen molar-refractivity contribution in [1.29, 1.82) is 0 Å². The number of halogens is 1. The van der Waals surface area contributed by atoms with Crippen molar-refractivity contribution in [3.05, 3.63) is 48.6 Å². The summed E-state index contributed by atoms with van der Waals surface area (Å²) in [6.07, 6.45) is 1.56. The standard InChI is InChI=1S/C11H11ClO2/c1-2-9(10(12)11(13)14)8-6-4-3-5-7-8/h2-7,9-10H,1H2,(H,13,14). The number of allylic oxidation sites excluding steroid dienone is 1. The summed E-state index contributed by atoms with van der Waals surface area (Å²) in [6.45, 7) is 3.59. The Bertz CT molecular complexity index is 321. The molecule has 0 aromatic heterocycles. The maximum absolute atomic E-state index is 10.7. The third kappa shape index (κ3) is 2.36. The summed E-state index contributed by atoms with van der Waals surface area (Å²) in [6, 6.07) is 9.23. The molecule has 2 nitrogen and oxygen atoms in total. The molecule has 2 unspecified atom stereocenters. The van der Waals surface area contributed by atoms with Gasteiger partial charge in [0.05, 0.1) is 0 Å². The van der Waals surface area contributed by atoms with Crippen molar-refractivity contribution in [2.75, 3.05) is 0 Å². The molecule has 0 bridgehead atoms. The van der Waals surface area contributed by atoms with Gasteiger partial charge in [-0.2, -0.15) is 0 Å². The Labute approximate surface area is 87.8 Å². The summed E-state index contributed by atoms with van der Waals surface area (Å²) in [7, 11) is 0. The van der Waals surface area contributed by atoms with Gasteiger partial charge in [0, 0.05) is 5.92 Å². The first kappa shape index (κ1) is 10.8. The summed E-state index contributed by atoms with van der Waals surface area (Å²) in [5, 5.41) is 7.80. The SMILES string of the molecule is C=CC(c1ccccc1)C(Cl)C(=O)O. The first-order chi connectivity index (χ1) is 6.66. The number of rotatable bonds is 4. The van der Waals surface area contributed by atoms with E-state index in [-0.39, 0.29) is 5.92 Å². The molecule has 1 aromatic rings. The van der Waals surface area contributed by atoms with Gasteiger partial charge in [-0.05, 0) is 5.56 Å². The summed E-state index contributed by atoms with van der Waals surface area (Å²) in [5.41, 5.74) is 0.866. The molecule has 2 atom stereocenters. The highest BCUT2D eigenvalue weighted by Crippen LogP contribution is 2.24. The largest absolute Gasteiger partial charge is 0.480 e. The molecular weight excluding hydrogens is 200 g/mol. The van der Waals surface area contributed by atoms with Crippen molar-refractivity contribution in [2.24, 2.45) is 0 Å². The van der Waals surface area contributed by atoms with Crippen LogP contribution in [-0.4, -0.2) is 16.5 Å². The minimum absolute atomic E-state index is 0.352. The van der Waals surface area contributed by atoms with Crippen LogP contribution in [0.1, 0.15) is 11.5 Å². The van der Waals surface area contributed by atoms with E-state index in [2.05, 4.69) is 6.58 Å². The third-order valence-electron chi connectivity index (χ3n) is 1.99. The van der Waals surface area contributed by atoms with Crippen LogP contribution in [0.2, 0.25) is 0 Å². The molecule has 74 valence electrons. The Kier molecular flexibility index (Phi) is 3.72. The van der Waals surface area contributed by atoms with Gasteiger partial charge in [0.2, 0.25) is 0 Å². The normalized spacial score (nSPS) is 14.4. The molecule has 0 heterocycles. The number of alkyl halides is 1. The molecule has 0 fully saturated rings. The van der Waals surface area contributed by atoms with E-state index in [1.165, 1.54) is 0 Å². The van der Waals surface area contributed by atoms with Gasteiger partial charge in [0.1, 0.15) is 5.38 Å². The minimum atomic E-state index is -1.03. The number of carbonyl (C=O) groups is 1. The molecule has 3 heteroatoms. The molecule has 1 rings (SSSR count). The van der Waals surface area contributed by atoms with Crippen molar-refractivity contribution in [2.45, 2.75) is 11.3 Å². The number of hydrogen-bond acceptors (Lipinski definition) is 1. The lowest BCUT2D eigenvalue weighted by Gasteiger charge is -2.15. The van der Waals surface area contributed by atoms with Crippen molar-refractivity contribution < 1.29 is 9.90 Å². The smallest absolute Gasteiger partial charge is 0.322 e. The number of benzene rings is 1. The average Bonchev–Trinajstić information content (AvgIpc) is 2.20. The second-order valence-electron chi connectivity index (χ2n) is 2.91.